The van der Waals surface area contributed by atoms with Crippen molar-refractivity contribution in [3.05, 3.63) is 83.8 Å². The molecule has 0 radical (unpaired) electrons. The summed E-state index contributed by atoms with van der Waals surface area (Å²) >= 11 is 6.27. The third-order valence-corrected chi connectivity index (χ3v) is 7.00. The van der Waals surface area contributed by atoms with E-state index in [1.54, 1.807) is 30.3 Å². The predicted octanol–water partition coefficient (Wildman–Crippen LogP) is 3.46. The first-order chi connectivity index (χ1) is 15.7. The van der Waals surface area contributed by atoms with E-state index >= 15 is 0 Å². The van der Waals surface area contributed by atoms with Crippen LogP contribution in [-0.4, -0.2) is 50.7 Å². The average molecular weight is 485 g/mol. The van der Waals surface area contributed by atoms with Gasteiger partial charge in [0.1, 0.15) is 16.4 Å². The van der Waals surface area contributed by atoms with Gasteiger partial charge in [0.05, 0.1) is 28.2 Å². The van der Waals surface area contributed by atoms with Gasteiger partial charge in [0.15, 0.2) is 0 Å². The molecule has 4 aromatic rings. The molecule has 2 aromatic carbocycles. The molecule has 0 saturated carbocycles. The second kappa shape index (κ2) is 8.57. The lowest BCUT2D eigenvalue weighted by Gasteiger charge is -2.19. The van der Waals surface area contributed by atoms with E-state index < -0.39 is 26.6 Å². The molecule has 0 saturated heterocycles. The maximum absolute atomic E-state index is 13.2. The van der Waals surface area contributed by atoms with Crippen molar-refractivity contribution in [1.29, 1.82) is 0 Å². The molecular formula is C22H17ClN4O5S. The highest BCUT2D eigenvalue weighted by Crippen LogP contribution is 2.39. The van der Waals surface area contributed by atoms with Crippen LogP contribution < -0.4 is 0 Å². The number of rotatable bonds is 5. The molecule has 1 amide bonds. The zero-order valence-electron chi connectivity index (χ0n) is 17.1. The second-order valence-electron chi connectivity index (χ2n) is 6.94. The summed E-state index contributed by atoms with van der Waals surface area (Å²) in [4.78, 5) is 15.9. The maximum Gasteiger partial charge on any atom is 0.270 e. The number of amides is 1. The summed E-state index contributed by atoms with van der Waals surface area (Å²) in [5.41, 5.74) is 0.933. The molecule has 0 atom stereocenters. The normalized spacial score (nSPS) is 11.3. The molecule has 4 rings (SSSR count). The van der Waals surface area contributed by atoms with E-state index in [-0.39, 0.29) is 16.9 Å². The van der Waals surface area contributed by atoms with Gasteiger partial charge < -0.3 is 10.2 Å². The molecule has 0 aliphatic rings. The Kier molecular flexibility index (Phi) is 5.79. The number of benzene rings is 2. The molecule has 0 bridgehead atoms. The molecular weight excluding hydrogens is 468 g/mol. The summed E-state index contributed by atoms with van der Waals surface area (Å²) in [6.45, 7) is 0. The van der Waals surface area contributed by atoms with Gasteiger partial charge in [0, 0.05) is 31.1 Å². The third-order valence-electron chi connectivity index (χ3n) is 4.91. The first-order valence-corrected chi connectivity index (χ1v) is 11.3. The number of halogens is 1. The smallest absolute Gasteiger partial charge is 0.270 e. The van der Waals surface area contributed by atoms with Crippen molar-refractivity contribution >= 4 is 27.5 Å². The Morgan fingerprint density at radius 3 is 2.48 bits per heavy atom. The predicted molar refractivity (Wildman–Crippen MR) is 121 cm³/mol. The van der Waals surface area contributed by atoms with Crippen LogP contribution in [0.5, 0.6) is 11.5 Å². The minimum absolute atomic E-state index is 0.0545. The molecule has 0 fully saturated rings. The average Bonchev–Trinajstić information content (AvgIpc) is 3.28. The first kappa shape index (κ1) is 22.3. The number of hydrogen-bond donors (Lipinski definition) is 2. The van der Waals surface area contributed by atoms with Crippen molar-refractivity contribution in [3.63, 3.8) is 0 Å². The number of aromatic hydroxyl groups is 2. The number of para-hydroxylation sites is 1. The Hall–Kier alpha value is -3.89. The lowest BCUT2D eigenvalue weighted by atomic mass is 10.1. The number of carbonyl (C=O) groups excluding carboxylic acids is 1. The molecule has 33 heavy (non-hydrogen) atoms. The van der Waals surface area contributed by atoms with Gasteiger partial charge in [-0.15, -0.1) is 0 Å². The molecule has 2 heterocycles. The van der Waals surface area contributed by atoms with Gasteiger partial charge in [0.25, 0.3) is 15.9 Å². The first-order valence-electron chi connectivity index (χ1n) is 9.50. The highest BCUT2D eigenvalue weighted by molar-refractivity contribution is 7.89. The van der Waals surface area contributed by atoms with E-state index in [0.717, 1.165) is 19.2 Å². The second-order valence-corrected chi connectivity index (χ2v) is 9.28. The SMILES string of the molecule is CN(C(=O)c1cccnc1)S(=O)(=O)c1cc(-c2ccnn2-c2ccccc2Cl)c(O)cc1O. The van der Waals surface area contributed by atoms with Crippen molar-refractivity contribution in [2.45, 2.75) is 4.90 Å². The van der Waals surface area contributed by atoms with Crippen LogP contribution in [0.4, 0.5) is 0 Å². The Labute approximate surface area is 194 Å². The molecule has 0 unspecified atom stereocenters. The molecule has 2 aromatic heterocycles. The molecule has 0 aliphatic heterocycles. The van der Waals surface area contributed by atoms with Crippen molar-refractivity contribution in [1.82, 2.24) is 19.1 Å². The van der Waals surface area contributed by atoms with Crippen molar-refractivity contribution in [2.24, 2.45) is 0 Å². The summed E-state index contributed by atoms with van der Waals surface area (Å²) in [5, 5.41) is 25.5. The van der Waals surface area contributed by atoms with Crippen molar-refractivity contribution < 1.29 is 23.4 Å². The van der Waals surface area contributed by atoms with Gasteiger partial charge in [-0.1, -0.05) is 23.7 Å². The molecule has 0 aliphatic carbocycles. The van der Waals surface area contributed by atoms with Crippen LogP contribution in [-0.2, 0) is 10.0 Å². The fraction of sp³-hybridized carbons (Fsp3) is 0.0455. The van der Waals surface area contributed by atoms with Crippen LogP contribution in [0.1, 0.15) is 10.4 Å². The Morgan fingerprint density at radius 1 is 1.03 bits per heavy atom. The van der Waals surface area contributed by atoms with Gasteiger partial charge in [-0.25, -0.2) is 17.4 Å². The topological polar surface area (TPSA) is 126 Å². The van der Waals surface area contributed by atoms with E-state index in [2.05, 4.69) is 10.1 Å². The molecule has 9 nitrogen and oxygen atoms in total. The van der Waals surface area contributed by atoms with Crippen molar-refractivity contribution in [3.8, 4) is 28.4 Å². The number of carbonyl (C=O) groups is 1. The molecule has 0 spiro atoms. The fourth-order valence-electron chi connectivity index (χ4n) is 3.22. The summed E-state index contributed by atoms with van der Waals surface area (Å²) in [5.74, 6) is -1.94. The van der Waals surface area contributed by atoms with Crippen LogP contribution >= 0.6 is 11.6 Å². The zero-order chi connectivity index (χ0) is 23.8. The number of hydrogen-bond acceptors (Lipinski definition) is 7. The van der Waals surface area contributed by atoms with Crippen LogP contribution in [0.25, 0.3) is 16.9 Å². The van der Waals surface area contributed by atoms with E-state index in [1.165, 1.54) is 35.4 Å². The van der Waals surface area contributed by atoms with Gasteiger partial charge in [-0.2, -0.15) is 5.10 Å². The molecule has 168 valence electrons. The Balaban J connectivity index is 1.82. The third kappa shape index (κ3) is 4.01. The number of sulfonamides is 1. The van der Waals surface area contributed by atoms with Crippen molar-refractivity contribution in [2.75, 3.05) is 7.05 Å². The maximum atomic E-state index is 13.2. The Bertz CT molecular complexity index is 1450. The van der Waals surface area contributed by atoms with Crippen LogP contribution in [0.15, 0.2) is 78.1 Å². The van der Waals surface area contributed by atoms with E-state index in [9.17, 15) is 23.4 Å². The number of aromatic nitrogens is 3. The Morgan fingerprint density at radius 2 is 1.79 bits per heavy atom. The lowest BCUT2D eigenvalue weighted by molar-refractivity contribution is 0.0882. The van der Waals surface area contributed by atoms with Crippen LogP contribution in [0.2, 0.25) is 5.02 Å². The quantitative estimate of drug-likeness (QED) is 0.444. The number of phenolic OH excluding ortho intramolecular Hbond substituents is 2. The lowest BCUT2D eigenvalue weighted by Crippen LogP contribution is -2.33. The summed E-state index contributed by atoms with van der Waals surface area (Å²) < 4.78 is 28.3. The zero-order valence-corrected chi connectivity index (χ0v) is 18.7. The largest absolute Gasteiger partial charge is 0.507 e. The fourth-order valence-corrected chi connectivity index (χ4v) is 4.64. The number of nitrogens with zero attached hydrogens (tertiary/aromatic N) is 4. The van der Waals surface area contributed by atoms with E-state index in [0.29, 0.717) is 20.7 Å². The minimum Gasteiger partial charge on any atom is -0.507 e. The van der Waals surface area contributed by atoms with Gasteiger partial charge in [-0.05, 0) is 36.4 Å². The monoisotopic (exact) mass is 484 g/mol. The number of phenols is 2. The molecule has 11 heteroatoms. The molecule has 2 N–H and O–H groups in total. The summed E-state index contributed by atoms with van der Waals surface area (Å²) in [6, 6.07) is 13.3. The number of pyridine rings is 1. The van der Waals surface area contributed by atoms with E-state index in [1.807, 2.05) is 0 Å². The van der Waals surface area contributed by atoms with Gasteiger partial charge >= 0.3 is 0 Å². The van der Waals surface area contributed by atoms with Crippen LogP contribution in [0, 0.1) is 0 Å². The van der Waals surface area contributed by atoms with Gasteiger partial charge in [0.2, 0.25) is 0 Å². The van der Waals surface area contributed by atoms with E-state index in [4.69, 9.17) is 11.6 Å². The summed E-state index contributed by atoms with van der Waals surface area (Å²) in [7, 11) is -3.42. The summed E-state index contributed by atoms with van der Waals surface area (Å²) in [6.07, 6.45) is 4.14. The highest BCUT2D eigenvalue weighted by atomic mass is 35.5. The highest BCUT2D eigenvalue weighted by Gasteiger charge is 2.31. The minimum atomic E-state index is -4.49. The standard InChI is InChI=1S/C22H17ClN4O5S/c1-26(22(30)14-5-4-9-24-13-14)33(31,32)21-11-15(19(28)12-20(21)29)17-8-10-25-27(17)18-7-3-2-6-16(18)23/h2-13,28-29H,1H3. The van der Waals surface area contributed by atoms with Gasteiger partial charge in [-0.3, -0.25) is 9.78 Å². The van der Waals surface area contributed by atoms with Crippen LogP contribution in [0.3, 0.4) is 0 Å².